The van der Waals surface area contributed by atoms with E-state index in [4.69, 9.17) is 11.6 Å². The highest BCUT2D eigenvalue weighted by atomic mass is 35.5. The Morgan fingerprint density at radius 3 is 2.52 bits per heavy atom. The Bertz CT molecular complexity index is 1030. The maximum absolute atomic E-state index is 12.5. The van der Waals surface area contributed by atoms with Gasteiger partial charge in [0.2, 0.25) is 0 Å². The Hall–Kier alpha value is -3.12. The molecule has 3 aromatic rings. The van der Waals surface area contributed by atoms with Gasteiger partial charge in [0.05, 0.1) is 16.6 Å². The highest BCUT2D eigenvalue weighted by Gasteiger charge is 2.16. The zero-order valence-electron chi connectivity index (χ0n) is 12.9. The van der Waals surface area contributed by atoms with Crippen LogP contribution in [0, 0.1) is 0 Å². The molecule has 3 N–H and O–H groups in total. The SMILES string of the molecule is O=C(O)c1cc(C(=O)NCc2ccc(Cl)cc2)c2[nH]ccc(=O)c2c1. The third kappa shape index (κ3) is 3.54. The van der Waals surface area contributed by atoms with Crippen molar-refractivity contribution in [1.29, 1.82) is 0 Å². The molecule has 0 bridgehead atoms. The molecule has 126 valence electrons. The molecule has 0 fully saturated rings. The molecule has 1 amide bonds. The van der Waals surface area contributed by atoms with Gasteiger partial charge in [0, 0.05) is 29.2 Å². The van der Waals surface area contributed by atoms with Gasteiger partial charge in [0.25, 0.3) is 5.91 Å². The number of H-pyrrole nitrogens is 1. The molecule has 0 aliphatic heterocycles. The van der Waals surface area contributed by atoms with E-state index in [1.807, 2.05) is 0 Å². The number of carboxylic acid groups (broad SMARTS) is 1. The number of aromatic carboxylic acids is 1. The Balaban J connectivity index is 1.97. The quantitative estimate of drug-likeness (QED) is 0.669. The zero-order chi connectivity index (χ0) is 18.0. The van der Waals surface area contributed by atoms with Crippen LogP contribution in [0.15, 0.2) is 53.5 Å². The zero-order valence-corrected chi connectivity index (χ0v) is 13.6. The fourth-order valence-electron chi connectivity index (χ4n) is 2.46. The number of carboxylic acids is 1. The summed E-state index contributed by atoms with van der Waals surface area (Å²) in [7, 11) is 0. The largest absolute Gasteiger partial charge is 0.478 e. The van der Waals surface area contributed by atoms with E-state index in [2.05, 4.69) is 10.3 Å². The van der Waals surface area contributed by atoms with Gasteiger partial charge in [-0.05, 0) is 29.8 Å². The van der Waals surface area contributed by atoms with Crippen LogP contribution in [0.2, 0.25) is 5.02 Å². The van der Waals surface area contributed by atoms with E-state index in [0.717, 1.165) is 5.56 Å². The van der Waals surface area contributed by atoms with Crippen molar-refractivity contribution in [1.82, 2.24) is 10.3 Å². The number of pyridine rings is 1. The van der Waals surface area contributed by atoms with Gasteiger partial charge >= 0.3 is 5.97 Å². The van der Waals surface area contributed by atoms with E-state index in [0.29, 0.717) is 10.5 Å². The summed E-state index contributed by atoms with van der Waals surface area (Å²) < 4.78 is 0. The second kappa shape index (κ2) is 6.78. The van der Waals surface area contributed by atoms with Crippen molar-refractivity contribution in [2.75, 3.05) is 0 Å². The molecule has 0 radical (unpaired) electrons. The first-order chi connectivity index (χ1) is 12.0. The molecule has 3 rings (SSSR count). The van der Waals surface area contributed by atoms with Crippen molar-refractivity contribution in [2.24, 2.45) is 0 Å². The highest BCUT2D eigenvalue weighted by molar-refractivity contribution is 6.30. The van der Waals surface area contributed by atoms with Crippen molar-refractivity contribution < 1.29 is 14.7 Å². The summed E-state index contributed by atoms with van der Waals surface area (Å²) in [6.45, 7) is 0.242. The first-order valence-electron chi connectivity index (χ1n) is 7.37. The lowest BCUT2D eigenvalue weighted by Gasteiger charge is -2.09. The lowest BCUT2D eigenvalue weighted by atomic mass is 10.0. The standard InChI is InChI=1S/C18H13ClN2O4/c19-12-3-1-10(2-4-12)9-21-17(23)14-8-11(18(24)25)7-13-15(22)5-6-20-16(13)14/h1-8H,9H2,(H,20,22)(H,21,23)(H,24,25). The Morgan fingerprint density at radius 1 is 1.12 bits per heavy atom. The van der Waals surface area contributed by atoms with Gasteiger partial charge in [-0.15, -0.1) is 0 Å². The molecule has 7 heteroatoms. The second-order valence-electron chi connectivity index (χ2n) is 5.40. The summed E-state index contributed by atoms with van der Waals surface area (Å²) in [5.41, 5.74) is 0.752. The van der Waals surface area contributed by atoms with Crippen molar-refractivity contribution in [3.8, 4) is 0 Å². The number of carbonyl (C=O) groups is 2. The van der Waals surface area contributed by atoms with Crippen LogP contribution in [0.1, 0.15) is 26.3 Å². The number of hydrogen-bond donors (Lipinski definition) is 3. The molecule has 2 aromatic carbocycles. The van der Waals surface area contributed by atoms with E-state index in [1.165, 1.54) is 24.4 Å². The van der Waals surface area contributed by atoms with Gasteiger partial charge < -0.3 is 15.4 Å². The number of nitrogens with one attached hydrogen (secondary N) is 2. The minimum absolute atomic E-state index is 0.0987. The molecular formula is C18H13ClN2O4. The first-order valence-corrected chi connectivity index (χ1v) is 7.75. The smallest absolute Gasteiger partial charge is 0.335 e. The van der Waals surface area contributed by atoms with Gasteiger partial charge in [-0.2, -0.15) is 0 Å². The van der Waals surface area contributed by atoms with Crippen LogP contribution in [0.5, 0.6) is 0 Å². The van der Waals surface area contributed by atoms with Crippen LogP contribution in [0.25, 0.3) is 10.9 Å². The molecule has 0 saturated heterocycles. The summed E-state index contributed by atoms with van der Waals surface area (Å²) in [6, 6.07) is 10.8. The number of benzene rings is 2. The number of aromatic nitrogens is 1. The topological polar surface area (TPSA) is 99.3 Å². The van der Waals surface area contributed by atoms with Gasteiger partial charge in [-0.3, -0.25) is 9.59 Å². The van der Waals surface area contributed by atoms with Crippen molar-refractivity contribution >= 4 is 34.4 Å². The van der Waals surface area contributed by atoms with Gasteiger partial charge in [-0.25, -0.2) is 4.79 Å². The van der Waals surface area contributed by atoms with E-state index in [9.17, 15) is 19.5 Å². The molecule has 1 aromatic heterocycles. The maximum Gasteiger partial charge on any atom is 0.335 e. The number of halogens is 1. The lowest BCUT2D eigenvalue weighted by molar-refractivity contribution is 0.0697. The summed E-state index contributed by atoms with van der Waals surface area (Å²) in [6.07, 6.45) is 1.42. The number of aromatic amines is 1. The van der Waals surface area contributed by atoms with Gasteiger partial charge in [0.1, 0.15) is 0 Å². The predicted molar refractivity (Wildman–Crippen MR) is 94.2 cm³/mol. The molecule has 1 heterocycles. The van der Waals surface area contributed by atoms with Crippen molar-refractivity contribution in [2.45, 2.75) is 6.54 Å². The van der Waals surface area contributed by atoms with Crippen molar-refractivity contribution in [3.05, 3.63) is 80.6 Å². The Kier molecular flexibility index (Phi) is 4.54. The average Bonchev–Trinajstić information content (AvgIpc) is 2.60. The summed E-state index contributed by atoms with van der Waals surface area (Å²) in [5.74, 6) is -1.69. The fourth-order valence-corrected chi connectivity index (χ4v) is 2.59. The molecule has 0 aliphatic carbocycles. The van der Waals surface area contributed by atoms with E-state index in [1.54, 1.807) is 24.3 Å². The normalized spacial score (nSPS) is 10.6. The summed E-state index contributed by atoms with van der Waals surface area (Å²) >= 11 is 5.82. The van der Waals surface area contributed by atoms with Crippen molar-refractivity contribution in [3.63, 3.8) is 0 Å². The Labute approximate surface area is 147 Å². The van der Waals surface area contributed by atoms with Crippen LogP contribution in [0.4, 0.5) is 0 Å². The highest BCUT2D eigenvalue weighted by Crippen LogP contribution is 2.17. The van der Waals surface area contributed by atoms with Gasteiger partial charge in [-0.1, -0.05) is 23.7 Å². The molecule has 25 heavy (non-hydrogen) atoms. The summed E-state index contributed by atoms with van der Waals surface area (Å²) in [5, 5.41) is 12.7. The number of amides is 1. The lowest BCUT2D eigenvalue weighted by Crippen LogP contribution is -2.24. The minimum Gasteiger partial charge on any atom is -0.478 e. The van der Waals surface area contributed by atoms with E-state index < -0.39 is 11.9 Å². The Morgan fingerprint density at radius 2 is 1.84 bits per heavy atom. The second-order valence-corrected chi connectivity index (χ2v) is 5.84. The van der Waals surface area contributed by atoms with Crippen LogP contribution in [-0.2, 0) is 6.54 Å². The van der Waals surface area contributed by atoms with Crippen LogP contribution in [0.3, 0.4) is 0 Å². The number of fused-ring (bicyclic) bond motifs is 1. The van der Waals surface area contributed by atoms with Gasteiger partial charge in [0.15, 0.2) is 5.43 Å². The number of carbonyl (C=O) groups excluding carboxylic acids is 1. The van der Waals surface area contributed by atoms with Crippen LogP contribution < -0.4 is 10.7 Å². The summed E-state index contributed by atoms with van der Waals surface area (Å²) in [4.78, 5) is 38.6. The molecule has 0 atom stereocenters. The molecule has 0 unspecified atom stereocenters. The minimum atomic E-state index is -1.21. The predicted octanol–water partition coefficient (Wildman–Crippen LogP) is 2.81. The van der Waals surface area contributed by atoms with Crippen LogP contribution >= 0.6 is 11.6 Å². The molecule has 0 spiro atoms. The maximum atomic E-state index is 12.5. The molecular weight excluding hydrogens is 344 g/mol. The average molecular weight is 357 g/mol. The molecule has 0 saturated carbocycles. The van der Waals surface area contributed by atoms with E-state index in [-0.39, 0.29) is 28.5 Å². The molecule has 0 aliphatic rings. The van der Waals surface area contributed by atoms with Crippen LogP contribution in [-0.4, -0.2) is 22.0 Å². The fraction of sp³-hybridized carbons (Fsp3) is 0.0556. The third-order valence-electron chi connectivity index (χ3n) is 3.72. The van der Waals surface area contributed by atoms with E-state index >= 15 is 0 Å². The first kappa shape index (κ1) is 16.7. The molecule has 6 nitrogen and oxygen atoms in total. The third-order valence-corrected chi connectivity index (χ3v) is 3.98. The monoisotopic (exact) mass is 356 g/mol. The number of hydrogen-bond acceptors (Lipinski definition) is 3. The number of rotatable bonds is 4.